The number of nitrogens with zero attached hydrogens (tertiary/aromatic N) is 6. The number of carbonyl (C=O) groups excluding carboxylic acids is 1. The molecule has 0 bridgehead atoms. The van der Waals surface area contributed by atoms with Crippen LogP contribution in [0.5, 0.6) is 0 Å². The first-order valence-corrected chi connectivity index (χ1v) is 7.87. The summed E-state index contributed by atoms with van der Waals surface area (Å²) in [4.78, 5) is 25.4. The molecule has 1 saturated heterocycles. The molecule has 1 aliphatic heterocycles. The van der Waals surface area contributed by atoms with Crippen molar-refractivity contribution < 1.29 is 9.21 Å². The predicted molar refractivity (Wildman–Crippen MR) is 87.9 cm³/mol. The monoisotopic (exact) mass is 326 g/mol. The minimum absolute atomic E-state index is 0.0648. The molecule has 0 atom stereocenters. The van der Waals surface area contributed by atoms with E-state index in [1.54, 1.807) is 23.0 Å². The van der Waals surface area contributed by atoms with Crippen LogP contribution >= 0.6 is 0 Å². The van der Waals surface area contributed by atoms with Crippen LogP contribution in [0.15, 0.2) is 29.0 Å². The molecular formula is C16H18N6O2. The van der Waals surface area contributed by atoms with Gasteiger partial charge in [0, 0.05) is 33.2 Å². The number of aromatic nitrogens is 4. The van der Waals surface area contributed by atoms with Crippen molar-refractivity contribution in [2.24, 2.45) is 7.05 Å². The molecule has 4 rings (SSSR count). The van der Waals surface area contributed by atoms with Gasteiger partial charge < -0.3 is 14.2 Å². The summed E-state index contributed by atoms with van der Waals surface area (Å²) in [5.74, 6) is 1.92. The van der Waals surface area contributed by atoms with Crippen LogP contribution in [0.1, 0.15) is 16.4 Å². The van der Waals surface area contributed by atoms with Gasteiger partial charge in [0.05, 0.1) is 17.8 Å². The van der Waals surface area contributed by atoms with Gasteiger partial charge in [-0.15, -0.1) is 0 Å². The number of hydrogen-bond donors (Lipinski definition) is 0. The van der Waals surface area contributed by atoms with Crippen LogP contribution in [-0.4, -0.2) is 56.7 Å². The summed E-state index contributed by atoms with van der Waals surface area (Å²) in [5.41, 5.74) is 0.826. The Morgan fingerprint density at radius 3 is 2.71 bits per heavy atom. The molecule has 0 unspecified atom stereocenters. The van der Waals surface area contributed by atoms with Gasteiger partial charge in [0.15, 0.2) is 11.4 Å². The highest BCUT2D eigenvalue weighted by atomic mass is 16.3. The molecule has 0 N–H and O–H groups in total. The molecule has 0 aromatic carbocycles. The van der Waals surface area contributed by atoms with E-state index >= 15 is 0 Å². The SMILES string of the molecule is Cc1nc(N2CCN(C(=O)c3ccco3)CC2)c2cnn(C)c2n1. The lowest BCUT2D eigenvalue weighted by molar-refractivity contribution is 0.0714. The highest BCUT2D eigenvalue weighted by Crippen LogP contribution is 2.24. The fraction of sp³-hybridized carbons (Fsp3) is 0.375. The maximum atomic E-state index is 12.3. The van der Waals surface area contributed by atoms with Gasteiger partial charge in [0.2, 0.25) is 0 Å². The topological polar surface area (TPSA) is 80.3 Å². The van der Waals surface area contributed by atoms with Gasteiger partial charge in [-0.1, -0.05) is 0 Å². The van der Waals surface area contributed by atoms with Crippen LogP contribution < -0.4 is 4.90 Å². The van der Waals surface area contributed by atoms with Gasteiger partial charge in [-0.25, -0.2) is 9.97 Å². The number of furan rings is 1. The molecule has 1 amide bonds. The van der Waals surface area contributed by atoms with Crippen molar-refractivity contribution in [2.75, 3.05) is 31.1 Å². The summed E-state index contributed by atoms with van der Waals surface area (Å²) in [6.07, 6.45) is 3.32. The van der Waals surface area contributed by atoms with Gasteiger partial charge in [-0.3, -0.25) is 9.48 Å². The Morgan fingerprint density at radius 2 is 2.00 bits per heavy atom. The third-order valence-corrected chi connectivity index (χ3v) is 4.28. The molecule has 1 fully saturated rings. The standard InChI is InChI=1S/C16H18N6O2/c1-11-18-14-12(10-17-20(14)2)15(19-11)21-5-7-22(8-6-21)16(23)13-4-3-9-24-13/h3-4,9-10H,5-8H2,1-2H3. The summed E-state index contributed by atoms with van der Waals surface area (Å²) >= 11 is 0. The number of piperazine rings is 1. The Bertz CT molecular complexity index is 877. The molecule has 3 aromatic rings. The lowest BCUT2D eigenvalue weighted by atomic mass is 10.2. The van der Waals surface area contributed by atoms with Crippen molar-refractivity contribution in [1.29, 1.82) is 0 Å². The van der Waals surface area contributed by atoms with E-state index in [0.717, 1.165) is 22.7 Å². The van der Waals surface area contributed by atoms with Gasteiger partial charge in [0.25, 0.3) is 5.91 Å². The van der Waals surface area contributed by atoms with Crippen LogP contribution in [0, 0.1) is 6.92 Å². The Morgan fingerprint density at radius 1 is 1.21 bits per heavy atom. The molecule has 4 heterocycles. The summed E-state index contributed by atoms with van der Waals surface area (Å²) in [7, 11) is 1.87. The van der Waals surface area contributed by atoms with Crippen molar-refractivity contribution >= 4 is 22.8 Å². The zero-order valence-electron chi connectivity index (χ0n) is 13.6. The van der Waals surface area contributed by atoms with Crippen LogP contribution in [-0.2, 0) is 7.05 Å². The van der Waals surface area contributed by atoms with E-state index in [2.05, 4.69) is 20.0 Å². The second kappa shape index (κ2) is 5.63. The molecule has 3 aromatic heterocycles. The van der Waals surface area contributed by atoms with E-state index in [1.807, 2.05) is 18.9 Å². The molecule has 1 aliphatic rings. The maximum absolute atomic E-state index is 12.3. The zero-order chi connectivity index (χ0) is 16.7. The molecular weight excluding hydrogens is 308 g/mol. The lowest BCUT2D eigenvalue weighted by Gasteiger charge is -2.35. The number of fused-ring (bicyclic) bond motifs is 1. The maximum Gasteiger partial charge on any atom is 0.289 e. The van der Waals surface area contributed by atoms with E-state index < -0.39 is 0 Å². The molecule has 0 spiro atoms. The van der Waals surface area contributed by atoms with Crippen molar-refractivity contribution in [3.8, 4) is 0 Å². The lowest BCUT2D eigenvalue weighted by Crippen LogP contribution is -2.49. The van der Waals surface area contributed by atoms with E-state index in [1.165, 1.54) is 6.26 Å². The highest BCUT2D eigenvalue weighted by molar-refractivity contribution is 5.92. The number of aryl methyl sites for hydroxylation is 2. The Kier molecular flexibility index (Phi) is 3.44. The number of anilines is 1. The molecule has 0 radical (unpaired) electrons. The average Bonchev–Trinajstić information content (AvgIpc) is 3.25. The van der Waals surface area contributed by atoms with Gasteiger partial charge in [-0.2, -0.15) is 5.10 Å². The van der Waals surface area contributed by atoms with E-state index in [9.17, 15) is 4.79 Å². The van der Waals surface area contributed by atoms with Crippen molar-refractivity contribution in [3.05, 3.63) is 36.2 Å². The normalized spacial score (nSPS) is 15.2. The first-order valence-electron chi connectivity index (χ1n) is 7.87. The van der Waals surface area contributed by atoms with Crippen molar-refractivity contribution in [2.45, 2.75) is 6.92 Å². The minimum Gasteiger partial charge on any atom is -0.459 e. The molecule has 8 heteroatoms. The largest absolute Gasteiger partial charge is 0.459 e. The van der Waals surface area contributed by atoms with Gasteiger partial charge in [0.1, 0.15) is 11.6 Å². The van der Waals surface area contributed by atoms with Crippen LogP contribution in [0.3, 0.4) is 0 Å². The molecule has 8 nitrogen and oxygen atoms in total. The zero-order valence-corrected chi connectivity index (χ0v) is 13.6. The van der Waals surface area contributed by atoms with E-state index in [-0.39, 0.29) is 5.91 Å². The first kappa shape index (κ1) is 14.7. The average molecular weight is 326 g/mol. The highest BCUT2D eigenvalue weighted by Gasteiger charge is 2.26. The summed E-state index contributed by atoms with van der Waals surface area (Å²) < 4.78 is 6.95. The summed E-state index contributed by atoms with van der Waals surface area (Å²) in [5, 5.41) is 5.22. The minimum atomic E-state index is -0.0648. The molecule has 24 heavy (non-hydrogen) atoms. The van der Waals surface area contributed by atoms with Crippen LogP contribution in [0.2, 0.25) is 0 Å². The van der Waals surface area contributed by atoms with Crippen LogP contribution in [0.25, 0.3) is 11.0 Å². The Labute approximate surface area is 138 Å². The third kappa shape index (κ3) is 2.40. The Balaban J connectivity index is 1.55. The number of hydrogen-bond acceptors (Lipinski definition) is 6. The van der Waals surface area contributed by atoms with E-state index in [4.69, 9.17) is 4.42 Å². The molecule has 0 saturated carbocycles. The Hall–Kier alpha value is -2.90. The second-order valence-corrected chi connectivity index (χ2v) is 5.86. The third-order valence-electron chi connectivity index (χ3n) is 4.28. The van der Waals surface area contributed by atoms with E-state index in [0.29, 0.717) is 31.9 Å². The number of amides is 1. The first-order chi connectivity index (χ1) is 11.6. The summed E-state index contributed by atoms with van der Waals surface area (Å²) in [6.45, 7) is 4.57. The number of rotatable bonds is 2. The second-order valence-electron chi connectivity index (χ2n) is 5.86. The molecule has 0 aliphatic carbocycles. The fourth-order valence-corrected chi connectivity index (χ4v) is 3.03. The van der Waals surface area contributed by atoms with Gasteiger partial charge in [-0.05, 0) is 19.1 Å². The molecule has 124 valence electrons. The number of carbonyl (C=O) groups is 1. The smallest absolute Gasteiger partial charge is 0.289 e. The summed E-state index contributed by atoms with van der Waals surface area (Å²) in [6, 6.07) is 3.42. The van der Waals surface area contributed by atoms with Crippen molar-refractivity contribution in [1.82, 2.24) is 24.6 Å². The predicted octanol–water partition coefficient (Wildman–Crippen LogP) is 1.23. The van der Waals surface area contributed by atoms with Crippen LogP contribution in [0.4, 0.5) is 5.82 Å². The van der Waals surface area contributed by atoms with Gasteiger partial charge >= 0.3 is 0 Å². The van der Waals surface area contributed by atoms with Crippen molar-refractivity contribution in [3.63, 3.8) is 0 Å². The fourth-order valence-electron chi connectivity index (χ4n) is 3.03. The quantitative estimate of drug-likeness (QED) is 0.704.